The van der Waals surface area contributed by atoms with E-state index in [4.69, 9.17) is 15.8 Å². The van der Waals surface area contributed by atoms with Crippen LogP contribution in [0.15, 0.2) is 85.2 Å². The van der Waals surface area contributed by atoms with E-state index in [9.17, 15) is 8.42 Å². The fraction of sp³-hybridized carbons (Fsp3) is 0.0833. The zero-order valence-corrected chi connectivity index (χ0v) is 18.2. The van der Waals surface area contributed by atoms with E-state index in [-0.39, 0.29) is 0 Å². The first kappa shape index (κ1) is 19.9. The van der Waals surface area contributed by atoms with Crippen molar-refractivity contribution in [3.63, 3.8) is 0 Å². The van der Waals surface area contributed by atoms with Gasteiger partial charge in [0.05, 0.1) is 6.26 Å². The van der Waals surface area contributed by atoms with Crippen LogP contribution in [0.5, 0.6) is 0 Å². The van der Waals surface area contributed by atoms with Gasteiger partial charge in [0.25, 0.3) is 10.1 Å². The van der Waals surface area contributed by atoms with Crippen molar-refractivity contribution < 1.29 is 12.6 Å². The molecule has 0 radical (unpaired) electrons. The monoisotopic (exact) mass is 450 g/mol. The molecule has 0 atom stereocenters. The molecule has 0 saturated carbocycles. The Hall–Kier alpha value is -3.06. The van der Waals surface area contributed by atoms with Crippen molar-refractivity contribution in [1.29, 1.82) is 0 Å². The minimum Gasteiger partial charge on any atom is -0.361 e. The Balaban J connectivity index is 1.96. The predicted octanol–water partition coefficient (Wildman–Crippen LogP) is 5.57. The number of aromatic nitrogens is 2. The second-order valence-corrected chi connectivity index (χ2v) is 9.48. The molecule has 0 fully saturated rings. The third kappa shape index (κ3) is 3.33. The molecule has 2 N–H and O–H groups in total. The van der Waals surface area contributed by atoms with E-state index < -0.39 is 15.7 Å². The van der Waals surface area contributed by atoms with Gasteiger partial charge in [0.15, 0.2) is 5.60 Å². The van der Waals surface area contributed by atoms with Crippen molar-refractivity contribution in [3.8, 4) is 0 Å². The predicted molar refractivity (Wildman–Crippen MR) is 124 cm³/mol. The molecule has 0 aliphatic heterocycles. The molecule has 0 saturated heterocycles. The summed E-state index contributed by atoms with van der Waals surface area (Å²) in [7, 11) is -3.89. The maximum atomic E-state index is 12.7. The fourth-order valence-corrected chi connectivity index (χ4v) is 5.09. The average Bonchev–Trinajstić information content (AvgIpc) is 3.37. The average molecular weight is 451 g/mol. The minimum atomic E-state index is -3.89. The number of hydrogen-bond acceptors (Lipinski definition) is 3. The lowest BCUT2D eigenvalue weighted by molar-refractivity contribution is 0.169. The maximum Gasteiger partial charge on any atom is 0.265 e. The molecule has 0 bridgehead atoms. The van der Waals surface area contributed by atoms with Crippen LogP contribution in [-0.2, 0) is 19.9 Å². The zero-order chi connectivity index (χ0) is 21.6. The molecule has 31 heavy (non-hydrogen) atoms. The highest BCUT2D eigenvalue weighted by Gasteiger charge is 2.44. The Bertz CT molecular complexity index is 1430. The third-order valence-electron chi connectivity index (χ3n) is 5.46. The van der Waals surface area contributed by atoms with Gasteiger partial charge < -0.3 is 9.97 Å². The van der Waals surface area contributed by atoms with Gasteiger partial charge in [-0.15, -0.1) is 0 Å². The van der Waals surface area contributed by atoms with Gasteiger partial charge in [0.2, 0.25) is 0 Å². The second kappa shape index (κ2) is 7.27. The highest BCUT2D eigenvalue weighted by molar-refractivity contribution is 7.86. The van der Waals surface area contributed by atoms with Gasteiger partial charge in [0, 0.05) is 50.3 Å². The van der Waals surface area contributed by atoms with Crippen LogP contribution in [0, 0.1) is 0 Å². The molecule has 5 rings (SSSR count). The van der Waals surface area contributed by atoms with Crippen LogP contribution in [0.2, 0.25) is 5.02 Å². The van der Waals surface area contributed by atoms with Crippen LogP contribution in [0.4, 0.5) is 0 Å². The number of fused-ring (bicyclic) bond motifs is 2. The Morgan fingerprint density at radius 2 is 1.26 bits per heavy atom. The summed E-state index contributed by atoms with van der Waals surface area (Å²) in [4.78, 5) is 6.52. The summed E-state index contributed by atoms with van der Waals surface area (Å²) in [6.45, 7) is 0. The standard InChI is InChI=1S/C24H19ClN2O3S/c1-31(28,29)30-24(16-10-12-17(25)13-11-16,20-14-26-22-8-4-2-6-18(20)22)21-15-27-23-9-5-3-7-19(21)23/h2-15,26-27H,1H3. The molecule has 3 aromatic carbocycles. The van der Waals surface area contributed by atoms with E-state index in [1.807, 2.05) is 60.9 Å². The van der Waals surface area contributed by atoms with Gasteiger partial charge in [-0.05, 0) is 29.8 Å². The molecule has 0 unspecified atom stereocenters. The van der Waals surface area contributed by atoms with Crippen LogP contribution >= 0.6 is 11.6 Å². The molecule has 7 heteroatoms. The van der Waals surface area contributed by atoms with Crippen LogP contribution < -0.4 is 0 Å². The lowest BCUT2D eigenvalue weighted by Gasteiger charge is -2.33. The molecule has 0 spiro atoms. The van der Waals surface area contributed by atoms with E-state index in [1.165, 1.54) is 0 Å². The Morgan fingerprint density at radius 3 is 1.74 bits per heavy atom. The Morgan fingerprint density at radius 1 is 0.774 bits per heavy atom. The van der Waals surface area contributed by atoms with Gasteiger partial charge in [-0.1, -0.05) is 60.1 Å². The number of halogens is 1. The molecule has 2 heterocycles. The van der Waals surface area contributed by atoms with Gasteiger partial charge in [-0.3, -0.25) is 0 Å². The first-order chi connectivity index (χ1) is 14.9. The SMILES string of the molecule is CS(=O)(=O)OC(c1ccc(Cl)cc1)(c1c[nH]c2ccccc12)c1c[nH]c2ccccc12. The van der Waals surface area contributed by atoms with Crippen molar-refractivity contribution in [3.05, 3.63) is 107 Å². The van der Waals surface area contributed by atoms with Crippen molar-refractivity contribution >= 4 is 43.5 Å². The molecule has 0 amide bonds. The molecule has 0 aliphatic carbocycles. The molecule has 5 nitrogen and oxygen atoms in total. The van der Waals surface area contributed by atoms with Crippen LogP contribution in [-0.4, -0.2) is 24.6 Å². The Kier molecular flexibility index (Phi) is 4.66. The smallest absolute Gasteiger partial charge is 0.265 e. The lowest BCUT2D eigenvalue weighted by Crippen LogP contribution is -2.34. The summed E-state index contributed by atoms with van der Waals surface area (Å²) in [6.07, 6.45) is 4.69. The maximum absolute atomic E-state index is 12.7. The normalized spacial score (nSPS) is 12.6. The van der Waals surface area contributed by atoms with Crippen molar-refractivity contribution in [1.82, 2.24) is 9.97 Å². The number of benzene rings is 3. The fourth-order valence-electron chi connectivity index (χ4n) is 4.23. The number of nitrogens with one attached hydrogen (secondary N) is 2. The van der Waals surface area contributed by atoms with E-state index in [1.54, 1.807) is 24.3 Å². The van der Waals surface area contributed by atoms with Crippen LogP contribution in [0.1, 0.15) is 16.7 Å². The zero-order valence-electron chi connectivity index (χ0n) is 16.6. The highest BCUT2D eigenvalue weighted by Crippen LogP contribution is 2.47. The molecule has 156 valence electrons. The van der Waals surface area contributed by atoms with Gasteiger partial charge in [-0.2, -0.15) is 8.42 Å². The summed E-state index contributed by atoms with van der Waals surface area (Å²) in [5, 5.41) is 2.28. The van der Waals surface area contributed by atoms with Crippen molar-refractivity contribution in [2.45, 2.75) is 5.60 Å². The first-order valence-corrected chi connectivity index (χ1v) is 11.9. The summed E-state index contributed by atoms with van der Waals surface area (Å²) >= 11 is 6.16. The third-order valence-corrected chi connectivity index (χ3v) is 6.27. The number of hydrogen-bond donors (Lipinski definition) is 2. The quantitative estimate of drug-likeness (QED) is 0.344. The number of aromatic amines is 2. The number of rotatable bonds is 5. The topological polar surface area (TPSA) is 75.0 Å². The first-order valence-electron chi connectivity index (χ1n) is 9.68. The highest BCUT2D eigenvalue weighted by atomic mass is 35.5. The van der Waals surface area contributed by atoms with E-state index in [0.717, 1.165) is 28.1 Å². The summed E-state index contributed by atoms with van der Waals surface area (Å²) < 4.78 is 31.4. The number of H-pyrrole nitrogens is 2. The molecule has 5 aromatic rings. The van der Waals surface area contributed by atoms with Gasteiger partial charge >= 0.3 is 0 Å². The van der Waals surface area contributed by atoms with E-state index in [2.05, 4.69) is 9.97 Å². The largest absolute Gasteiger partial charge is 0.361 e. The number of para-hydroxylation sites is 2. The van der Waals surface area contributed by atoms with Crippen molar-refractivity contribution in [2.24, 2.45) is 0 Å². The molecular weight excluding hydrogens is 432 g/mol. The molecular formula is C24H19ClN2O3S. The van der Waals surface area contributed by atoms with E-state index in [0.29, 0.717) is 21.7 Å². The molecule has 0 aliphatic rings. The minimum absolute atomic E-state index is 0.551. The van der Waals surface area contributed by atoms with Crippen LogP contribution in [0.3, 0.4) is 0 Å². The van der Waals surface area contributed by atoms with Crippen LogP contribution in [0.25, 0.3) is 21.8 Å². The van der Waals surface area contributed by atoms with E-state index >= 15 is 0 Å². The van der Waals surface area contributed by atoms with Crippen molar-refractivity contribution in [2.75, 3.05) is 6.26 Å². The summed E-state index contributed by atoms with van der Waals surface area (Å²) in [5.74, 6) is 0. The second-order valence-electron chi connectivity index (χ2n) is 7.47. The summed E-state index contributed by atoms with van der Waals surface area (Å²) in [5.41, 5.74) is 2.37. The lowest BCUT2D eigenvalue weighted by atomic mass is 9.80. The Labute approximate surface area is 184 Å². The van der Waals surface area contributed by atoms with Gasteiger partial charge in [-0.25, -0.2) is 4.18 Å². The summed E-state index contributed by atoms with van der Waals surface area (Å²) in [6, 6.07) is 22.6. The molecule has 2 aromatic heterocycles. The van der Waals surface area contributed by atoms with Gasteiger partial charge in [0.1, 0.15) is 0 Å².